The Morgan fingerprint density at radius 1 is 1.21 bits per heavy atom. The van der Waals surface area contributed by atoms with Gasteiger partial charge in [-0.15, -0.1) is 0 Å². The Hall–Kier alpha value is -3.55. The van der Waals surface area contributed by atoms with Gasteiger partial charge in [-0.2, -0.15) is 10.2 Å². The van der Waals surface area contributed by atoms with Gasteiger partial charge >= 0.3 is 0 Å². The maximum atomic E-state index is 13.0. The third-order valence-electron chi connectivity index (χ3n) is 4.49. The van der Waals surface area contributed by atoms with Crippen LogP contribution in [0.25, 0.3) is 11.0 Å². The molecule has 0 aliphatic heterocycles. The van der Waals surface area contributed by atoms with Crippen molar-refractivity contribution in [3.05, 3.63) is 71.1 Å². The Kier molecular flexibility index (Phi) is 4.38. The number of carbonyl (C=O) groups excluding carboxylic acids is 1. The van der Waals surface area contributed by atoms with Crippen LogP contribution in [-0.4, -0.2) is 30.5 Å². The van der Waals surface area contributed by atoms with Gasteiger partial charge in [0.05, 0.1) is 35.1 Å². The zero-order valence-corrected chi connectivity index (χ0v) is 15.8. The van der Waals surface area contributed by atoms with Crippen LogP contribution in [0.5, 0.6) is 0 Å². The summed E-state index contributed by atoms with van der Waals surface area (Å²) in [5.41, 5.74) is 4.19. The van der Waals surface area contributed by atoms with Crippen LogP contribution in [0.3, 0.4) is 0 Å². The third-order valence-corrected chi connectivity index (χ3v) is 4.49. The lowest BCUT2D eigenvalue weighted by atomic mass is 10.1. The lowest BCUT2D eigenvalue weighted by Gasteiger charge is -2.06. The van der Waals surface area contributed by atoms with Crippen LogP contribution in [0.15, 0.2) is 42.7 Å². The number of aromatic nitrogens is 5. The van der Waals surface area contributed by atoms with E-state index in [0.29, 0.717) is 23.4 Å². The molecule has 0 aliphatic carbocycles. The van der Waals surface area contributed by atoms with Crippen molar-refractivity contribution in [1.82, 2.24) is 24.5 Å². The third kappa shape index (κ3) is 3.36. The molecule has 0 radical (unpaired) electrons. The van der Waals surface area contributed by atoms with E-state index in [4.69, 9.17) is 0 Å². The number of hydrogen-bond acceptors (Lipinski definition) is 4. The standard InChI is InChI=1S/C20H19FN6O/c1-12-8-17(18-13(2)25-26(3)19(18)23-12)20(28)24-16-9-22-27(11-16)10-14-4-6-15(21)7-5-14/h4-9,11H,10H2,1-3H3,(H,24,28). The SMILES string of the molecule is Cc1cc(C(=O)Nc2cnn(Cc3ccc(F)cc3)c2)c2c(C)nn(C)c2n1. The molecule has 7 nitrogen and oxygen atoms in total. The molecule has 3 aromatic heterocycles. The molecule has 4 rings (SSSR count). The summed E-state index contributed by atoms with van der Waals surface area (Å²) in [4.78, 5) is 17.4. The summed E-state index contributed by atoms with van der Waals surface area (Å²) in [6.45, 7) is 4.19. The number of anilines is 1. The molecular formula is C20H19FN6O. The summed E-state index contributed by atoms with van der Waals surface area (Å²) < 4.78 is 16.4. The van der Waals surface area contributed by atoms with Gasteiger partial charge in [0.25, 0.3) is 5.91 Å². The van der Waals surface area contributed by atoms with Gasteiger partial charge in [0, 0.05) is 18.9 Å². The van der Waals surface area contributed by atoms with E-state index < -0.39 is 0 Å². The second-order valence-electron chi connectivity index (χ2n) is 6.73. The molecule has 1 aromatic carbocycles. The van der Waals surface area contributed by atoms with Gasteiger partial charge < -0.3 is 5.32 Å². The molecule has 0 saturated carbocycles. The largest absolute Gasteiger partial charge is 0.319 e. The van der Waals surface area contributed by atoms with Crippen molar-refractivity contribution in [2.45, 2.75) is 20.4 Å². The van der Waals surface area contributed by atoms with Crippen LogP contribution in [0.4, 0.5) is 10.1 Å². The van der Waals surface area contributed by atoms with Crippen LogP contribution in [-0.2, 0) is 13.6 Å². The molecule has 0 atom stereocenters. The van der Waals surface area contributed by atoms with Gasteiger partial charge in [-0.25, -0.2) is 9.37 Å². The van der Waals surface area contributed by atoms with E-state index in [1.165, 1.54) is 12.1 Å². The van der Waals surface area contributed by atoms with Gasteiger partial charge in [-0.3, -0.25) is 14.2 Å². The molecule has 0 fully saturated rings. The van der Waals surface area contributed by atoms with Crippen molar-refractivity contribution in [2.24, 2.45) is 7.05 Å². The number of carbonyl (C=O) groups is 1. The highest BCUT2D eigenvalue weighted by molar-refractivity contribution is 6.12. The van der Waals surface area contributed by atoms with Crippen molar-refractivity contribution < 1.29 is 9.18 Å². The van der Waals surface area contributed by atoms with E-state index in [2.05, 4.69) is 20.5 Å². The monoisotopic (exact) mass is 378 g/mol. The highest BCUT2D eigenvalue weighted by Gasteiger charge is 2.18. The number of nitrogens with zero attached hydrogens (tertiary/aromatic N) is 5. The average Bonchev–Trinajstić information content (AvgIpc) is 3.20. The molecule has 8 heteroatoms. The normalized spacial score (nSPS) is 11.1. The number of rotatable bonds is 4. The van der Waals surface area contributed by atoms with Gasteiger partial charge in [-0.05, 0) is 37.6 Å². The zero-order valence-electron chi connectivity index (χ0n) is 15.8. The van der Waals surface area contributed by atoms with Crippen LogP contribution in [0, 0.1) is 19.7 Å². The predicted octanol–water partition coefficient (Wildman–Crippen LogP) is 3.22. The molecule has 1 N–H and O–H groups in total. The highest BCUT2D eigenvalue weighted by Crippen LogP contribution is 2.22. The molecule has 0 aliphatic rings. The molecule has 28 heavy (non-hydrogen) atoms. The number of aryl methyl sites for hydroxylation is 3. The Morgan fingerprint density at radius 3 is 2.71 bits per heavy atom. The smallest absolute Gasteiger partial charge is 0.256 e. The number of halogens is 1. The first-order valence-electron chi connectivity index (χ1n) is 8.80. The van der Waals surface area contributed by atoms with E-state index in [1.807, 2.05) is 20.9 Å². The average molecular weight is 378 g/mol. The van der Waals surface area contributed by atoms with Crippen molar-refractivity contribution in [1.29, 1.82) is 0 Å². The van der Waals surface area contributed by atoms with E-state index in [-0.39, 0.29) is 11.7 Å². The molecule has 0 spiro atoms. The molecule has 1 amide bonds. The van der Waals surface area contributed by atoms with Gasteiger partial charge in [0.1, 0.15) is 5.82 Å². The summed E-state index contributed by atoms with van der Waals surface area (Å²) in [6, 6.07) is 7.99. The minimum atomic E-state index is -0.276. The van der Waals surface area contributed by atoms with Gasteiger partial charge in [0.15, 0.2) is 5.65 Å². The molecule has 3 heterocycles. The van der Waals surface area contributed by atoms with E-state index in [0.717, 1.165) is 22.3 Å². The Labute approximate surface area is 160 Å². The minimum absolute atomic E-state index is 0.243. The number of amides is 1. The van der Waals surface area contributed by atoms with Crippen molar-refractivity contribution in [2.75, 3.05) is 5.32 Å². The van der Waals surface area contributed by atoms with Crippen LogP contribution >= 0.6 is 0 Å². The zero-order chi connectivity index (χ0) is 19.8. The summed E-state index contributed by atoms with van der Waals surface area (Å²) in [6.07, 6.45) is 3.32. The maximum absolute atomic E-state index is 13.0. The Balaban J connectivity index is 1.57. The first kappa shape index (κ1) is 17.8. The highest BCUT2D eigenvalue weighted by atomic mass is 19.1. The summed E-state index contributed by atoms with van der Waals surface area (Å²) in [7, 11) is 1.81. The van der Waals surface area contributed by atoms with Crippen molar-refractivity contribution in [3.8, 4) is 0 Å². The van der Waals surface area contributed by atoms with E-state index >= 15 is 0 Å². The maximum Gasteiger partial charge on any atom is 0.256 e. The Morgan fingerprint density at radius 2 is 1.96 bits per heavy atom. The first-order chi connectivity index (χ1) is 13.4. The van der Waals surface area contributed by atoms with Crippen LogP contribution < -0.4 is 5.32 Å². The molecule has 142 valence electrons. The quantitative estimate of drug-likeness (QED) is 0.591. The first-order valence-corrected chi connectivity index (χ1v) is 8.80. The number of nitrogens with one attached hydrogen (secondary N) is 1. The number of pyridine rings is 1. The molecule has 0 bridgehead atoms. The second kappa shape index (κ2) is 6.88. The number of fused-ring (bicyclic) bond motifs is 1. The van der Waals surface area contributed by atoms with E-state index in [9.17, 15) is 9.18 Å². The van der Waals surface area contributed by atoms with Gasteiger partial charge in [0.2, 0.25) is 0 Å². The molecule has 0 saturated heterocycles. The molecular weight excluding hydrogens is 359 g/mol. The number of hydrogen-bond donors (Lipinski definition) is 1. The minimum Gasteiger partial charge on any atom is -0.319 e. The lowest BCUT2D eigenvalue weighted by molar-refractivity contribution is 0.102. The fourth-order valence-corrected chi connectivity index (χ4v) is 3.24. The molecule has 0 unspecified atom stereocenters. The van der Waals surface area contributed by atoms with Gasteiger partial charge in [-0.1, -0.05) is 12.1 Å². The lowest BCUT2D eigenvalue weighted by Crippen LogP contribution is -2.13. The van der Waals surface area contributed by atoms with E-state index in [1.54, 1.807) is 40.0 Å². The van der Waals surface area contributed by atoms with Crippen LogP contribution in [0.2, 0.25) is 0 Å². The predicted molar refractivity (Wildman–Crippen MR) is 104 cm³/mol. The fourth-order valence-electron chi connectivity index (χ4n) is 3.24. The number of benzene rings is 1. The summed E-state index contributed by atoms with van der Waals surface area (Å²) in [5.74, 6) is -0.519. The van der Waals surface area contributed by atoms with Crippen molar-refractivity contribution >= 4 is 22.6 Å². The Bertz CT molecular complexity index is 1180. The fraction of sp³-hybridized carbons (Fsp3) is 0.200. The summed E-state index contributed by atoms with van der Waals surface area (Å²) >= 11 is 0. The van der Waals surface area contributed by atoms with Crippen LogP contribution in [0.1, 0.15) is 27.3 Å². The summed E-state index contributed by atoms with van der Waals surface area (Å²) in [5, 5.41) is 12.3. The van der Waals surface area contributed by atoms with Crippen molar-refractivity contribution in [3.63, 3.8) is 0 Å². The molecule has 4 aromatic rings. The second-order valence-corrected chi connectivity index (χ2v) is 6.73. The topological polar surface area (TPSA) is 77.6 Å².